The van der Waals surface area contributed by atoms with Gasteiger partial charge in [0.25, 0.3) is 0 Å². The Bertz CT molecular complexity index is 849. The van der Waals surface area contributed by atoms with E-state index in [4.69, 9.17) is 0 Å². The molecule has 0 bridgehead atoms. The van der Waals surface area contributed by atoms with Crippen LogP contribution >= 0.6 is 0 Å². The van der Waals surface area contributed by atoms with Gasteiger partial charge < -0.3 is 24.4 Å². The molecule has 23 heavy (non-hydrogen) atoms. The van der Waals surface area contributed by atoms with E-state index in [1.54, 1.807) is 0 Å². The quantitative estimate of drug-likeness (QED) is 0.390. The average molecular weight is 362 g/mol. The van der Waals surface area contributed by atoms with Gasteiger partial charge in [0.05, 0.1) is 16.8 Å². The van der Waals surface area contributed by atoms with Crippen LogP contribution in [0.4, 0.5) is 0 Å². The van der Waals surface area contributed by atoms with Crippen LogP contribution in [0.25, 0.3) is 10.8 Å². The smallest absolute Gasteiger partial charge is 0.744 e. The maximum atomic E-state index is 11.1. The largest absolute Gasteiger partial charge is 1.00 e. The first kappa shape index (κ1) is 25.8. The van der Waals surface area contributed by atoms with E-state index in [1.807, 2.05) is 0 Å². The van der Waals surface area contributed by atoms with Gasteiger partial charge in [0.15, 0.2) is 0 Å². The Hall–Kier alpha value is 0.550. The van der Waals surface area contributed by atoms with E-state index >= 15 is 0 Å². The predicted octanol–water partition coefficient (Wildman–Crippen LogP) is -10.5. The standard InChI is InChI=1S/C12H8O7S.3Na/c13-11(14)8-5-4-6-7(10(8)12(15)16)2-1-3-9(6)20(17,18)19;;;/h1-5H,(H,13,14)(H,15,16)(H,17,18,19);;;/q;3*+1/p-3. The molecule has 2 aromatic carbocycles. The molecule has 0 spiro atoms. The van der Waals surface area contributed by atoms with Crippen LogP contribution in [0.2, 0.25) is 0 Å². The molecule has 2 rings (SSSR count). The number of hydrogen-bond acceptors (Lipinski definition) is 7. The molecule has 0 fully saturated rings. The van der Waals surface area contributed by atoms with Crippen molar-refractivity contribution >= 4 is 32.8 Å². The van der Waals surface area contributed by atoms with Crippen LogP contribution in [0.15, 0.2) is 35.2 Å². The average Bonchev–Trinajstić information content (AvgIpc) is 2.34. The number of benzene rings is 2. The molecule has 0 unspecified atom stereocenters. The van der Waals surface area contributed by atoms with E-state index in [2.05, 4.69) is 0 Å². The molecule has 0 atom stereocenters. The van der Waals surface area contributed by atoms with Crippen molar-refractivity contribution < 1.29 is 121 Å². The van der Waals surface area contributed by atoms with E-state index in [0.717, 1.165) is 24.3 Å². The molecule has 0 amide bonds. The third kappa shape index (κ3) is 5.52. The van der Waals surface area contributed by atoms with Gasteiger partial charge in [-0.25, -0.2) is 8.42 Å². The number of carbonyl (C=O) groups excluding carboxylic acids is 2. The van der Waals surface area contributed by atoms with Gasteiger partial charge >= 0.3 is 88.7 Å². The first-order valence-corrected chi connectivity index (χ1v) is 6.58. The minimum Gasteiger partial charge on any atom is -0.744 e. The molecule has 11 heteroatoms. The van der Waals surface area contributed by atoms with Crippen molar-refractivity contribution in [1.82, 2.24) is 0 Å². The first-order valence-electron chi connectivity index (χ1n) is 5.18. The number of fused-ring (bicyclic) bond motifs is 1. The summed E-state index contributed by atoms with van der Waals surface area (Å²) in [5.41, 5.74) is -1.38. The van der Waals surface area contributed by atoms with Gasteiger partial charge in [-0.15, -0.1) is 0 Å². The summed E-state index contributed by atoms with van der Waals surface area (Å²) >= 11 is 0. The molecule has 7 nitrogen and oxygen atoms in total. The summed E-state index contributed by atoms with van der Waals surface area (Å²) in [6, 6.07) is 5.22. The van der Waals surface area contributed by atoms with Gasteiger partial charge in [0.1, 0.15) is 10.1 Å². The van der Waals surface area contributed by atoms with Crippen molar-refractivity contribution in [3.05, 3.63) is 41.5 Å². The minimum atomic E-state index is -4.83. The zero-order valence-corrected chi connectivity index (χ0v) is 19.5. The summed E-state index contributed by atoms with van der Waals surface area (Å²) in [5.74, 6) is -3.56. The molecule has 2 aromatic rings. The van der Waals surface area contributed by atoms with Crippen LogP contribution in [0.1, 0.15) is 20.7 Å². The normalized spacial score (nSPS) is 9.96. The molecule has 0 radical (unpaired) electrons. The van der Waals surface area contributed by atoms with Crippen LogP contribution < -0.4 is 98.9 Å². The molecule has 0 N–H and O–H groups in total. The summed E-state index contributed by atoms with van der Waals surface area (Å²) in [6.45, 7) is 0. The summed E-state index contributed by atoms with van der Waals surface area (Å²) < 4.78 is 33.3. The maximum Gasteiger partial charge on any atom is 1.00 e. The van der Waals surface area contributed by atoms with Crippen LogP contribution in [-0.4, -0.2) is 24.9 Å². The predicted molar refractivity (Wildman–Crippen MR) is 60.6 cm³/mol. The topological polar surface area (TPSA) is 137 Å². The zero-order chi connectivity index (χ0) is 15.1. The van der Waals surface area contributed by atoms with Crippen molar-refractivity contribution in [2.75, 3.05) is 0 Å². The zero-order valence-electron chi connectivity index (χ0n) is 12.7. The van der Waals surface area contributed by atoms with Gasteiger partial charge in [0.2, 0.25) is 0 Å². The van der Waals surface area contributed by atoms with Crippen molar-refractivity contribution in [2.24, 2.45) is 0 Å². The van der Waals surface area contributed by atoms with Gasteiger partial charge in [-0.1, -0.05) is 24.3 Å². The molecule has 0 aliphatic heterocycles. The second-order valence-electron chi connectivity index (χ2n) is 3.87. The van der Waals surface area contributed by atoms with E-state index in [-0.39, 0.29) is 99.4 Å². The van der Waals surface area contributed by atoms with Crippen LogP contribution in [0, 0.1) is 0 Å². The second-order valence-corrected chi connectivity index (χ2v) is 5.22. The molecular formula is C12H5Na3O7S. The molecule has 0 heterocycles. The van der Waals surface area contributed by atoms with Gasteiger partial charge in [-0.05, 0) is 16.8 Å². The molecule has 0 saturated heterocycles. The van der Waals surface area contributed by atoms with E-state index < -0.39 is 38.1 Å². The van der Waals surface area contributed by atoms with Crippen molar-refractivity contribution in [2.45, 2.75) is 4.90 Å². The Morgan fingerprint density at radius 1 is 0.826 bits per heavy atom. The summed E-state index contributed by atoms with van der Waals surface area (Å²) in [6.07, 6.45) is 0. The number of carbonyl (C=O) groups is 2. The summed E-state index contributed by atoms with van der Waals surface area (Å²) in [4.78, 5) is 21.3. The summed E-state index contributed by atoms with van der Waals surface area (Å²) in [5, 5.41) is 21.5. The Balaban J connectivity index is 0. The van der Waals surface area contributed by atoms with E-state index in [0.29, 0.717) is 0 Å². The van der Waals surface area contributed by atoms with E-state index in [9.17, 15) is 32.8 Å². The Morgan fingerprint density at radius 3 is 1.83 bits per heavy atom. The molecule has 0 aliphatic carbocycles. The third-order valence-corrected chi connectivity index (χ3v) is 3.61. The minimum absolute atomic E-state index is 0. The second kappa shape index (κ2) is 9.88. The fourth-order valence-corrected chi connectivity index (χ4v) is 2.63. The molecular weight excluding hydrogens is 357 g/mol. The number of rotatable bonds is 3. The van der Waals surface area contributed by atoms with E-state index in [1.165, 1.54) is 6.07 Å². The van der Waals surface area contributed by atoms with Crippen LogP contribution in [-0.2, 0) is 10.1 Å². The number of carboxylic acids is 2. The monoisotopic (exact) mass is 362 g/mol. The van der Waals surface area contributed by atoms with Crippen molar-refractivity contribution in [3.63, 3.8) is 0 Å². The number of hydrogen-bond donors (Lipinski definition) is 0. The molecule has 104 valence electrons. The third-order valence-electron chi connectivity index (χ3n) is 2.71. The Morgan fingerprint density at radius 2 is 1.39 bits per heavy atom. The van der Waals surface area contributed by atoms with Gasteiger partial charge in [0, 0.05) is 11.1 Å². The Kier molecular flexibility index (Phi) is 11.1. The van der Waals surface area contributed by atoms with Gasteiger partial charge in [-0.3, -0.25) is 0 Å². The number of carboxylic acid groups (broad SMARTS) is 2. The fraction of sp³-hybridized carbons (Fsp3) is 0. The maximum absolute atomic E-state index is 11.1. The fourth-order valence-electron chi connectivity index (χ4n) is 1.94. The van der Waals surface area contributed by atoms with Crippen molar-refractivity contribution in [3.8, 4) is 0 Å². The Labute approximate surface area is 198 Å². The summed E-state index contributed by atoms with van der Waals surface area (Å²) in [7, 11) is -4.83. The number of aromatic carboxylic acids is 2. The molecule has 0 aliphatic rings. The van der Waals surface area contributed by atoms with Crippen LogP contribution in [0.5, 0.6) is 0 Å². The molecule has 0 aromatic heterocycles. The van der Waals surface area contributed by atoms with Crippen LogP contribution in [0.3, 0.4) is 0 Å². The first-order chi connectivity index (χ1) is 9.23. The van der Waals surface area contributed by atoms with Gasteiger partial charge in [-0.2, -0.15) is 0 Å². The molecule has 0 saturated carbocycles. The van der Waals surface area contributed by atoms with Crippen molar-refractivity contribution in [1.29, 1.82) is 0 Å². The SMILES string of the molecule is O=C([O-])c1ccc2c(S(=O)(=O)[O-])cccc2c1C(=O)[O-].[Na+].[Na+].[Na+].